The van der Waals surface area contributed by atoms with Gasteiger partial charge < -0.3 is 15.2 Å². The first-order valence-electron chi connectivity index (χ1n) is 8.01. The van der Waals surface area contributed by atoms with E-state index in [0.29, 0.717) is 0 Å². The SMILES string of the molecule is COc1ccc(CC(C)NCC(O)c2cccc(C(F)(F)F)c2)cc1. The highest BCUT2D eigenvalue weighted by atomic mass is 19.4. The molecule has 2 aromatic rings. The lowest BCUT2D eigenvalue weighted by atomic mass is 10.0. The molecule has 2 atom stereocenters. The third-order valence-corrected chi connectivity index (χ3v) is 3.96. The number of aliphatic hydroxyl groups is 1. The van der Waals surface area contributed by atoms with E-state index in [1.807, 2.05) is 31.2 Å². The second-order valence-electron chi connectivity index (χ2n) is 6.00. The summed E-state index contributed by atoms with van der Waals surface area (Å²) in [5.74, 6) is 0.782. The highest BCUT2D eigenvalue weighted by Gasteiger charge is 2.30. The van der Waals surface area contributed by atoms with Crippen LogP contribution in [-0.4, -0.2) is 24.8 Å². The van der Waals surface area contributed by atoms with Crippen LogP contribution in [0.15, 0.2) is 48.5 Å². The molecule has 0 radical (unpaired) electrons. The van der Waals surface area contributed by atoms with E-state index >= 15 is 0 Å². The summed E-state index contributed by atoms with van der Waals surface area (Å²) in [4.78, 5) is 0. The van der Waals surface area contributed by atoms with Crippen molar-refractivity contribution in [2.45, 2.75) is 31.7 Å². The third-order valence-electron chi connectivity index (χ3n) is 3.96. The molecule has 0 saturated heterocycles. The summed E-state index contributed by atoms with van der Waals surface area (Å²) >= 11 is 0. The summed E-state index contributed by atoms with van der Waals surface area (Å²) < 4.78 is 43.3. The quantitative estimate of drug-likeness (QED) is 0.791. The van der Waals surface area contributed by atoms with Gasteiger partial charge in [0.15, 0.2) is 0 Å². The molecule has 2 unspecified atom stereocenters. The van der Waals surface area contributed by atoms with Crippen molar-refractivity contribution in [1.82, 2.24) is 5.32 Å². The van der Waals surface area contributed by atoms with Crippen LogP contribution in [0.1, 0.15) is 29.7 Å². The predicted molar refractivity (Wildman–Crippen MR) is 90.6 cm³/mol. The number of benzene rings is 2. The molecule has 0 aromatic heterocycles. The Morgan fingerprint density at radius 2 is 1.80 bits per heavy atom. The van der Waals surface area contributed by atoms with Gasteiger partial charge in [0.05, 0.1) is 18.8 Å². The Morgan fingerprint density at radius 3 is 2.40 bits per heavy atom. The number of halogens is 3. The van der Waals surface area contributed by atoms with Gasteiger partial charge in [-0.25, -0.2) is 0 Å². The lowest BCUT2D eigenvalue weighted by Crippen LogP contribution is -2.32. The number of nitrogens with one attached hydrogen (secondary N) is 1. The normalized spacial score (nSPS) is 14.2. The monoisotopic (exact) mass is 353 g/mol. The van der Waals surface area contributed by atoms with Crippen molar-refractivity contribution in [1.29, 1.82) is 0 Å². The summed E-state index contributed by atoms with van der Waals surface area (Å²) in [7, 11) is 1.61. The molecule has 0 aliphatic rings. The molecule has 0 heterocycles. The van der Waals surface area contributed by atoms with Gasteiger partial charge in [-0.2, -0.15) is 13.2 Å². The van der Waals surface area contributed by atoms with E-state index < -0.39 is 17.8 Å². The van der Waals surface area contributed by atoms with E-state index in [2.05, 4.69) is 5.32 Å². The van der Waals surface area contributed by atoms with Crippen LogP contribution in [0.5, 0.6) is 5.75 Å². The van der Waals surface area contributed by atoms with Crippen LogP contribution in [0.25, 0.3) is 0 Å². The van der Waals surface area contributed by atoms with Gasteiger partial charge in [-0.3, -0.25) is 0 Å². The van der Waals surface area contributed by atoms with Gasteiger partial charge in [-0.05, 0) is 48.7 Å². The molecular formula is C19H22F3NO2. The fourth-order valence-electron chi connectivity index (χ4n) is 2.54. The smallest absolute Gasteiger partial charge is 0.416 e. The Hall–Kier alpha value is -2.05. The van der Waals surface area contributed by atoms with Crippen LogP contribution in [-0.2, 0) is 12.6 Å². The van der Waals surface area contributed by atoms with Crippen LogP contribution in [0, 0.1) is 0 Å². The minimum atomic E-state index is -4.41. The molecule has 3 nitrogen and oxygen atoms in total. The molecule has 2 aromatic carbocycles. The summed E-state index contributed by atoms with van der Waals surface area (Å²) in [6, 6.07) is 12.5. The summed E-state index contributed by atoms with van der Waals surface area (Å²) in [6.45, 7) is 2.14. The third kappa shape index (κ3) is 5.76. The minimum Gasteiger partial charge on any atom is -0.497 e. The Kier molecular flexibility index (Phi) is 6.45. The Labute approximate surface area is 145 Å². The highest BCUT2D eigenvalue weighted by molar-refractivity contribution is 5.28. The molecule has 0 aliphatic heterocycles. The van der Waals surface area contributed by atoms with Crippen molar-refractivity contribution < 1.29 is 23.0 Å². The van der Waals surface area contributed by atoms with Gasteiger partial charge >= 0.3 is 6.18 Å². The van der Waals surface area contributed by atoms with E-state index in [1.165, 1.54) is 12.1 Å². The van der Waals surface area contributed by atoms with Crippen LogP contribution < -0.4 is 10.1 Å². The van der Waals surface area contributed by atoms with E-state index in [9.17, 15) is 18.3 Å². The first-order valence-corrected chi connectivity index (χ1v) is 8.01. The number of hydrogen-bond acceptors (Lipinski definition) is 3. The van der Waals surface area contributed by atoms with Gasteiger partial charge in [0.2, 0.25) is 0 Å². The van der Waals surface area contributed by atoms with Crippen molar-refractivity contribution in [3.05, 3.63) is 65.2 Å². The second kappa shape index (κ2) is 8.36. The summed E-state index contributed by atoms with van der Waals surface area (Å²) in [6.07, 6.45) is -4.68. The zero-order valence-corrected chi connectivity index (χ0v) is 14.2. The Balaban J connectivity index is 1.89. The highest BCUT2D eigenvalue weighted by Crippen LogP contribution is 2.30. The topological polar surface area (TPSA) is 41.5 Å². The van der Waals surface area contributed by atoms with Gasteiger partial charge in [0, 0.05) is 12.6 Å². The molecule has 0 aliphatic carbocycles. The average molecular weight is 353 g/mol. The maximum Gasteiger partial charge on any atom is 0.416 e. The van der Waals surface area contributed by atoms with Crippen molar-refractivity contribution in [2.24, 2.45) is 0 Å². The molecule has 0 amide bonds. The van der Waals surface area contributed by atoms with Crippen molar-refractivity contribution in [3.8, 4) is 5.75 Å². The number of alkyl halides is 3. The van der Waals surface area contributed by atoms with Gasteiger partial charge in [0.1, 0.15) is 5.75 Å². The van der Waals surface area contributed by atoms with Crippen LogP contribution >= 0.6 is 0 Å². The van der Waals surface area contributed by atoms with Crippen molar-refractivity contribution in [2.75, 3.05) is 13.7 Å². The van der Waals surface area contributed by atoms with Crippen LogP contribution in [0.3, 0.4) is 0 Å². The zero-order valence-electron chi connectivity index (χ0n) is 14.2. The molecule has 2 rings (SSSR count). The lowest BCUT2D eigenvalue weighted by molar-refractivity contribution is -0.137. The first-order chi connectivity index (χ1) is 11.8. The average Bonchev–Trinajstić information content (AvgIpc) is 2.59. The maximum absolute atomic E-state index is 12.7. The first kappa shape index (κ1) is 19.3. The molecule has 0 bridgehead atoms. The lowest BCUT2D eigenvalue weighted by Gasteiger charge is -2.18. The molecule has 136 valence electrons. The summed E-state index contributed by atoms with van der Waals surface area (Å²) in [5, 5.41) is 13.3. The Bertz CT molecular complexity index is 671. The number of ether oxygens (including phenoxy) is 1. The van der Waals surface area contributed by atoms with E-state index in [-0.39, 0.29) is 18.2 Å². The molecular weight excluding hydrogens is 331 g/mol. The molecule has 25 heavy (non-hydrogen) atoms. The number of methoxy groups -OCH3 is 1. The number of rotatable bonds is 7. The predicted octanol–water partition coefficient (Wildman–Crippen LogP) is 3.97. The summed E-state index contributed by atoms with van der Waals surface area (Å²) in [5.41, 5.74) is 0.601. The maximum atomic E-state index is 12.7. The number of aliphatic hydroxyl groups excluding tert-OH is 1. The fourth-order valence-corrected chi connectivity index (χ4v) is 2.54. The van der Waals surface area contributed by atoms with E-state index in [4.69, 9.17) is 4.74 Å². The largest absolute Gasteiger partial charge is 0.497 e. The standard InChI is InChI=1S/C19H22F3NO2/c1-13(10-14-6-8-17(25-2)9-7-14)23-12-18(24)15-4-3-5-16(11-15)19(20,21)22/h3-9,11,13,18,23-24H,10,12H2,1-2H3. The minimum absolute atomic E-state index is 0.0637. The van der Waals surface area contributed by atoms with Crippen LogP contribution in [0.4, 0.5) is 13.2 Å². The second-order valence-corrected chi connectivity index (χ2v) is 6.00. The van der Waals surface area contributed by atoms with Gasteiger partial charge in [0.25, 0.3) is 0 Å². The Morgan fingerprint density at radius 1 is 1.12 bits per heavy atom. The zero-order chi connectivity index (χ0) is 18.4. The molecule has 0 fully saturated rings. The number of hydrogen-bond donors (Lipinski definition) is 2. The van der Waals surface area contributed by atoms with E-state index in [1.54, 1.807) is 7.11 Å². The van der Waals surface area contributed by atoms with E-state index in [0.717, 1.165) is 29.9 Å². The van der Waals surface area contributed by atoms with Crippen molar-refractivity contribution in [3.63, 3.8) is 0 Å². The molecule has 6 heteroatoms. The van der Waals surface area contributed by atoms with Crippen LogP contribution in [0.2, 0.25) is 0 Å². The molecule has 2 N–H and O–H groups in total. The van der Waals surface area contributed by atoms with Crippen molar-refractivity contribution >= 4 is 0 Å². The molecule has 0 saturated carbocycles. The van der Waals surface area contributed by atoms with Gasteiger partial charge in [-0.1, -0.05) is 24.3 Å². The van der Waals surface area contributed by atoms with Gasteiger partial charge in [-0.15, -0.1) is 0 Å². The molecule has 0 spiro atoms. The fraction of sp³-hybridized carbons (Fsp3) is 0.368.